The van der Waals surface area contributed by atoms with E-state index in [0.29, 0.717) is 18.2 Å². The molecule has 0 aliphatic carbocycles. The van der Waals surface area contributed by atoms with Gasteiger partial charge in [0.15, 0.2) is 6.10 Å². The maximum atomic E-state index is 12.2. The van der Waals surface area contributed by atoms with E-state index in [1.165, 1.54) is 12.1 Å². The molecule has 0 radical (unpaired) electrons. The summed E-state index contributed by atoms with van der Waals surface area (Å²) < 4.78 is 32.4. The minimum atomic E-state index is -3.52. The van der Waals surface area contributed by atoms with E-state index in [0.717, 1.165) is 6.42 Å². The summed E-state index contributed by atoms with van der Waals surface area (Å²) in [6, 6.07) is 6.08. The van der Waals surface area contributed by atoms with Gasteiger partial charge in [0.2, 0.25) is 10.0 Å². The standard InChI is InChI=1S/C17H28N2O4S/c1-12(2)10-11-18-24(21,22)16-8-6-15(7-9-16)23-14(5)17(20)19-13(3)4/h6-9,12-14,18H,10-11H2,1-5H3,(H,19,20)/t14-/m1/s1. The van der Waals surface area contributed by atoms with Gasteiger partial charge < -0.3 is 10.1 Å². The van der Waals surface area contributed by atoms with Crippen molar-refractivity contribution in [2.45, 2.75) is 58.1 Å². The maximum absolute atomic E-state index is 12.2. The van der Waals surface area contributed by atoms with Crippen molar-refractivity contribution in [1.29, 1.82) is 0 Å². The zero-order valence-corrected chi connectivity index (χ0v) is 15.8. The molecule has 0 aliphatic rings. The lowest BCUT2D eigenvalue weighted by Gasteiger charge is -2.16. The van der Waals surface area contributed by atoms with Crippen LogP contribution in [0.5, 0.6) is 5.75 Å². The van der Waals surface area contributed by atoms with Crippen molar-refractivity contribution in [3.63, 3.8) is 0 Å². The summed E-state index contributed by atoms with van der Waals surface area (Å²) >= 11 is 0. The van der Waals surface area contributed by atoms with Crippen molar-refractivity contribution in [3.05, 3.63) is 24.3 Å². The Hall–Kier alpha value is -1.60. The Bertz CT molecular complexity index is 624. The zero-order chi connectivity index (χ0) is 18.3. The Morgan fingerprint density at radius 1 is 1.08 bits per heavy atom. The van der Waals surface area contributed by atoms with Gasteiger partial charge >= 0.3 is 0 Å². The van der Waals surface area contributed by atoms with Gasteiger partial charge in [0.05, 0.1) is 4.90 Å². The number of carbonyl (C=O) groups is 1. The van der Waals surface area contributed by atoms with Crippen molar-refractivity contribution >= 4 is 15.9 Å². The molecule has 7 heteroatoms. The third kappa shape index (κ3) is 6.88. The first-order valence-corrected chi connectivity index (χ1v) is 9.67. The highest BCUT2D eigenvalue weighted by atomic mass is 32.2. The number of amides is 1. The molecule has 0 bridgehead atoms. The smallest absolute Gasteiger partial charge is 0.260 e. The average Bonchev–Trinajstić information content (AvgIpc) is 2.46. The molecule has 1 aromatic rings. The summed E-state index contributed by atoms with van der Waals surface area (Å²) in [6.45, 7) is 9.88. The lowest BCUT2D eigenvalue weighted by molar-refractivity contribution is -0.127. The molecule has 0 spiro atoms. The lowest BCUT2D eigenvalue weighted by Crippen LogP contribution is -2.40. The van der Waals surface area contributed by atoms with E-state index in [1.54, 1.807) is 19.1 Å². The first-order chi connectivity index (χ1) is 11.1. The summed E-state index contributed by atoms with van der Waals surface area (Å²) in [5.41, 5.74) is 0. The van der Waals surface area contributed by atoms with Gasteiger partial charge in [-0.2, -0.15) is 0 Å². The van der Waals surface area contributed by atoms with Crippen LogP contribution < -0.4 is 14.8 Å². The van der Waals surface area contributed by atoms with Crippen LogP contribution in [0.4, 0.5) is 0 Å². The van der Waals surface area contributed by atoms with Gasteiger partial charge in [0, 0.05) is 12.6 Å². The highest BCUT2D eigenvalue weighted by Gasteiger charge is 2.17. The Morgan fingerprint density at radius 3 is 2.17 bits per heavy atom. The molecule has 0 aliphatic heterocycles. The molecular weight excluding hydrogens is 328 g/mol. The molecule has 1 atom stereocenters. The van der Waals surface area contributed by atoms with Crippen LogP contribution in [-0.4, -0.2) is 33.0 Å². The number of sulfonamides is 1. The van der Waals surface area contributed by atoms with E-state index in [9.17, 15) is 13.2 Å². The van der Waals surface area contributed by atoms with Gasteiger partial charge in [0.25, 0.3) is 5.91 Å². The van der Waals surface area contributed by atoms with Crippen LogP contribution in [0.25, 0.3) is 0 Å². The zero-order valence-electron chi connectivity index (χ0n) is 15.0. The summed E-state index contributed by atoms with van der Waals surface area (Å²) in [6.07, 6.45) is 0.127. The molecule has 1 amide bonds. The second-order valence-electron chi connectivity index (χ2n) is 6.48. The molecule has 1 rings (SSSR count). The first-order valence-electron chi connectivity index (χ1n) is 8.18. The molecular formula is C17H28N2O4S. The second kappa shape index (κ2) is 9.03. The fraction of sp³-hybridized carbons (Fsp3) is 0.588. The average molecular weight is 356 g/mol. The van der Waals surface area contributed by atoms with Gasteiger partial charge in [-0.3, -0.25) is 4.79 Å². The summed E-state index contributed by atoms with van der Waals surface area (Å²) in [7, 11) is -3.52. The first kappa shape index (κ1) is 20.4. The number of nitrogens with one attached hydrogen (secondary N) is 2. The van der Waals surface area contributed by atoms with Gasteiger partial charge in [-0.1, -0.05) is 13.8 Å². The number of benzene rings is 1. The number of carbonyl (C=O) groups excluding carboxylic acids is 1. The predicted octanol–water partition coefficient (Wildman–Crippen LogP) is 2.30. The van der Waals surface area contributed by atoms with Crippen LogP contribution in [0.1, 0.15) is 41.0 Å². The van der Waals surface area contributed by atoms with Crippen LogP contribution in [0, 0.1) is 5.92 Å². The predicted molar refractivity (Wildman–Crippen MR) is 94.5 cm³/mol. The number of ether oxygens (including phenoxy) is 1. The van der Waals surface area contributed by atoms with E-state index in [4.69, 9.17) is 4.74 Å². The fourth-order valence-corrected chi connectivity index (χ4v) is 2.97. The van der Waals surface area contributed by atoms with Crippen LogP contribution in [-0.2, 0) is 14.8 Å². The molecule has 0 fully saturated rings. The second-order valence-corrected chi connectivity index (χ2v) is 8.24. The molecule has 0 saturated carbocycles. The van der Waals surface area contributed by atoms with Gasteiger partial charge in [-0.25, -0.2) is 13.1 Å². The molecule has 1 aromatic carbocycles. The number of rotatable bonds is 9. The van der Waals surface area contributed by atoms with Crippen molar-refractivity contribution in [1.82, 2.24) is 10.0 Å². The summed E-state index contributed by atoms with van der Waals surface area (Å²) in [5.74, 6) is 0.668. The molecule has 6 nitrogen and oxygen atoms in total. The van der Waals surface area contributed by atoms with Crippen LogP contribution in [0.2, 0.25) is 0 Å². The number of hydrogen-bond donors (Lipinski definition) is 2. The molecule has 136 valence electrons. The minimum Gasteiger partial charge on any atom is -0.481 e. The Balaban J connectivity index is 2.66. The van der Waals surface area contributed by atoms with E-state index in [2.05, 4.69) is 10.0 Å². The minimum absolute atomic E-state index is 0.0352. The van der Waals surface area contributed by atoms with E-state index >= 15 is 0 Å². The highest BCUT2D eigenvalue weighted by Crippen LogP contribution is 2.17. The van der Waals surface area contributed by atoms with Gasteiger partial charge in [-0.05, 0) is 57.4 Å². The number of hydrogen-bond acceptors (Lipinski definition) is 4. The van der Waals surface area contributed by atoms with Gasteiger partial charge in [-0.15, -0.1) is 0 Å². The van der Waals surface area contributed by atoms with Crippen molar-refractivity contribution in [2.24, 2.45) is 5.92 Å². The van der Waals surface area contributed by atoms with Crippen molar-refractivity contribution in [2.75, 3.05) is 6.54 Å². The Labute approximate surface area is 145 Å². The normalized spacial score (nSPS) is 13.1. The van der Waals surface area contributed by atoms with E-state index in [-0.39, 0.29) is 16.8 Å². The molecule has 0 unspecified atom stereocenters. The lowest BCUT2D eigenvalue weighted by atomic mass is 10.1. The largest absolute Gasteiger partial charge is 0.481 e. The summed E-state index contributed by atoms with van der Waals surface area (Å²) in [5, 5.41) is 2.76. The van der Waals surface area contributed by atoms with Crippen molar-refractivity contribution < 1.29 is 17.9 Å². The molecule has 0 saturated heterocycles. The topological polar surface area (TPSA) is 84.5 Å². The fourth-order valence-electron chi connectivity index (χ4n) is 1.92. The van der Waals surface area contributed by atoms with Crippen LogP contribution in [0.15, 0.2) is 29.2 Å². The third-order valence-electron chi connectivity index (χ3n) is 3.26. The SMILES string of the molecule is CC(C)CCNS(=O)(=O)c1ccc(O[C@H](C)C(=O)NC(C)C)cc1. The Morgan fingerprint density at radius 2 is 1.67 bits per heavy atom. The van der Waals surface area contributed by atoms with E-state index < -0.39 is 16.1 Å². The monoisotopic (exact) mass is 356 g/mol. The quantitative estimate of drug-likeness (QED) is 0.711. The van der Waals surface area contributed by atoms with Gasteiger partial charge in [0.1, 0.15) is 5.75 Å². The molecule has 24 heavy (non-hydrogen) atoms. The van der Waals surface area contributed by atoms with Crippen molar-refractivity contribution in [3.8, 4) is 5.75 Å². The van der Waals surface area contributed by atoms with Crippen LogP contribution in [0.3, 0.4) is 0 Å². The molecule has 0 aromatic heterocycles. The molecule has 2 N–H and O–H groups in total. The van der Waals surface area contributed by atoms with E-state index in [1.807, 2.05) is 27.7 Å². The Kier molecular flexibility index (Phi) is 7.69. The summed E-state index contributed by atoms with van der Waals surface area (Å²) in [4.78, 5) is 12.0. The highest BCUT2D eigenvalue weighted by molar-refractivity contribution is 7.89. The molecule has 0 heterocycles. The maximum Gasteiger partial charge on any atom is 0.260 e. The van der Waals surface area contributed by atoms with Crippen LogP contribution >= 0.6 is 0 Å². The third-order valence-corrected chi connectivity index (χ3v) is 4.74.